The van der Waals surface area contributed by atoms with Gasteiger partial charge < -0.3 is 0 Å². The number of carbonyl (C=O) groups is 3. The second-order valence-electron chi connectivity index (χ2n) is 20.2. The molecular weight excluding hydrogens is 744 g/mol. The van der Waals surface area contributed by atoms with Crippen molar-refractivity contribution in [1.29, 1.82) is 0 Å². The van der Waals surface area contributed by atoms with E-state index in [4.69, 9.17) is 0 Å². The van der Waals surface area contributed by atoms with Gasteiger partial charge in [-0.25, -0.2) is 0 Å². The molecular formula is C54H105O3Ti. The molecule has 0 bridgehead atoms. The van der Waals surface area contributed by atoms with Gasteiger partial charge in [0.15, 0.2) is 0 Å². The number of unbranched alkanes of at least 4 members (excludes halogenated alkanes) is 33. The molecule has 0 aliphatic rings. The molecule has 0 rings (SSSR count). The maximum absolute atomic E-state index is 13.5. The quantitative estimate of drug-likeness (QED) is 0.0453. The van der Waals surface area contributed by atoms with Crippen molar-refractivity contribution < 1.29 is 32.3 Å². The van der Waals surface area contributed by atoms with Crippen LogP contribution in [0.2, 0.25) is 0 Å². The van der Waals surface area contributed by atoms with Gasteiger partial charge in [-0.15, -0.1) is 0 Å². The first-order valence-corrected chi connectivity index (χ1v) is 29.0. The van der Waals surface area contributed by atoms with Crippen molar-refractivity contribution in [2.24, 2.45) is 17.8 Å². The zero-order valence-electron chi connectivity index (χ0n) is 40.7. The third-order valence-electron chi connectivity index (χ3n) is 12.6. The third-order valence-corrected chi connectivity index (χ3v) is 16.4. The maximum atomic E-state index is 13.5. The molecule has 0 atom stereocenters. The molecule has 0 saturated heterocycles. The average Bonchev–Trinajstić information content (AvgIpc) is 3.17. The second-order valence-corrected chi connectivity index (χ2v) is 24.0. The van der Waals surface area contributed by atoms with Gasteiger partial charge in [0.2, 0.25) is 0 Å². The molecule has 0 aromatic carbocycles. The topological polar surface area (TPSA) is 51.2 Å². The van der Waals surface area contributed by atoms with Crippen molar-refractivity contribution in [2.45, 2.75) is 311 Å². The summed E-state index contributed by atoms with van der Waals surface area (Å²) < 4.78 is 0.259. The normalized spacial score (nSPS) is 11.7. The zero-order chi connectivity index (χ0) is 42.7. The molecule has 3 nitrogen and oxygen atoms in total. The fourth-order valence-electron chi connectivity index (χ4n) is 8.66. The van der Waals surface area contributed by atoms with Crippen LogP contribution in [-0.4, -0.2) is 12.3 Å². The van der Waals surface area contributed by atoms with E-state index in [1.54, 1.807) is 0 Å². The van der Waals surface area contributed by atoms with Gasteiger partial charge in [-0.2, -0.15) is 0 Å². The van der Waals surface area contributed by atoms with Crippen LogP contribution in [0.25, 0.3) is 0 Å². The summed E-state index contributed by atoms with van der Waals surface area (Å²) in [5.41, 5.74) is 0. The molecule has 0 aromatic heterocycles. The van der Waals surface area contributed by atoms with E-state index in [-0.39, 0.29) is 12.3 Å². The molecule has 0 unspecified atom stereocenters. The van der Waals surface area contributed by atoms with Crippen LogP contribution in [0.5, 0.6) is 0 Å². The molecule has 0 aliphatic carbocycles. The summed E-state index contributed by atoms with van der Waals surface area (Å²) in [5.74, 6) is 2.52. The second kappa shape index (κ2) is 44.8. The molecule has 0 saturated carbocycles. The van der Waals surface area contributed by atoms with Crippen molar-refractivity contribution in [3.05, 3.63) is 0 Å². The first kappa shape index (κ1) is 57.7. The van der Waals surface area contributed by atoms with Crippen molar-refractivity contribution in [1.82, 2.24) is 0 Å². The average molecular weight is 850 g/mol. The number of hydrogen-bond acceptors (Lipinski definition) is 3. The molecule has 0 aliphatic heterocycles. The van der Waals surface area contributed by atoms with E-state index in [0.717, 1.165) is 56.3 Å². The van der Waals surface area contributed by atoms with Crippen molar-refractivity contribution in [2.75, 3.05) is 0 Å². The van der Waals surface area contributed by atoms with Gasteiger partial charge in [0.25, 0.3) is 0 Å². The smallest absolute Gasteiger partial charge is 0.0628 e. The van der Waals surface area contributed by atoms with Crippen LogP contribution in [0, 0.1) is 17.8 Å². The van der Waals surface area contributed by atoms with E-state index in [1.165, 1.54) is 212 Å². The monoisotopic (exact) mass is 850 g/mol. The van der Waals surface area contributed by atoms with Crippen LogP contribution in [-0.2, 0) is 32.3 Å². The van der Waals surface area contributed by atoms with Crippen LogP contribution in [0.4, 0.5) is 0 Å². The van der Waals surface area contributed by atoms with Crippen LogP contribution in [0.15, 0.2) is 0 Å². The SMILES string of the molecule is CC(C)CCCCCCCCCCCCCC[C](=O)[Ti]([C](=O)CCCCCCCCCCCCCCC(C)C)[C](=O)CCCCCCCCCCCCCCC(C)C. The molecule has 0 heterocycles. The Bertz CT molecular complexity index is 781. The van der Waals surface area contributed by atoms with Gasteiger partial charge in [0, 0.05) is 0 Å². The summed E-state index contributed by atoms with van der Waals surface area (Å²) in [6.45, 7) is 13.9. The van der Waals surface area contributed by atoms with Gasteiger partial charge in [-0.05, 0) is 17.8 Å². The fourth-order valence-corrected chi connectivity index (χ4v) is 12.1. The van der Waals surface area contributed by atoms with Crippen molar-refractivity contribution in [3.8, 4) is 0 Å². The van der Waals surface area contributed by atoms with E-state index in [1.807, 2.05) is 0 Å². The third kappa shape index (κ3) is 42.4. The number of rotatable bonds is 48. The summed E-state index contributed by atoms with van der Waals surface area (Å²) in [5, 5.41) is 0. The van der Waals surface area contributed by atoms with Crippen LogP contribution in [0.3, 0.4) is 0 Å². The molecule has 0 amide bonds. The Kier molecular flexibility index (Phi) is 44.6. The number of hydrogen-bond donors (Lipinski definition) is 0. The Balaban J connectivity index is 4.37. The predicted molar refractivity (Wildman–Crippen MR) is 253 cm³/mol. The van der Waals surface area contributed by atoms with Crippen molar-refractivity contribution in [3.63, 3.8) is 0 Å². The van der Waals surface area contributed by atoms with Crippen LogP contribution >= 0.6 is 0 Å². The molecule has 0 aromatic rings. The fraction of sp³-hybridized carbons (Fsp3) is 0.944. The van der Waals surface area contributed by atoms with Gasteiger partial charge >= 0.3 is 256 Å². The predicted octanol–water partition coefficient (Wildman–Crippen LogP) is 18.5. The van der Waals surface area contributed by atoms with E-state index >= 15 is 0 Å². The minimum absolute atomic E-state index is 0.0863. The van der Waals surface area contributed by atoms with Gasteiger partial charge in [0.1, 0.15) is 0 Å². The Labute approximate surface area is 371 Å². The summed E-state index contributed by atoms with van der Waals surface area (Å²) in [6.07, 6.45) is 51.5. The van der Waals surface area contributed by atoms with Crippen molar-refractivity contribution >= 4 is 12.3 Å². The molecule has 0 radical (unpaired) electrons. The van der Waals surface area contributed by atoms with Crippen LogP contribution in [0.1, 0.15) is 311 Å². The molecule has 0 N–H and O–H groups in total. The molecule has 0 fully saturated rings. The minimum Gasteiger partial charge on any atom is -0.0628 e. The van der Waals surface area contributed by atoms with E-state index in [2.05, 4.69) is 41.5 Å². The van der Waals surface area contributed by atoms with E-state index in [9.17, 15) is 14.4 Å². The number of carbonyl (C=O) groups excluding carboxylic acids is 3. The minimum atomic E-state index is -3.06. The Morgan fingerprint density at radius 3 is 0.534 bits per heavy atom. The summed E-state index contributed by atoms with van der Waals surface area (Å²) in [4.78, 5) is 40.5. The first-order valence-electron chi connectivity index (χ1n) is 26.6. The Hall–Kier alpha value is -0.276. The van der Waals surface area contributed by atoms with E-state index in [0.29, 0.717) is 19.3 Å². The van der Waals surface area contributed by atoms with Gasteiger partial charge in [0.05, 0.1) is 0 Å². The first-order chi connectivity index (χ1) is 28.1. The Morgan fingerprint density at radius 1 is 0.241 bits per heavy atom. The molecule has 4 heteroatoms. The summed E-state index contributed by atoms with van der Waals surface area (Å²) >= 11 is -3.06. The summed E-state index contributed by atoms with van der Waals surface area (Å²) in [7, 11) is 0. The van der Waals surface area contributed by atoms with Gasteiger partial charge in [-0.3, -0.25) is 0 Å². The summed E-state index contributed by atoms with van der Waals surface area (Å²) in [6, 6.07) is 0. The zero-order valence-corrected chi connectivity index (χ0v) is 42.2. The standard InChI is InChI=1S/3C18H35O.Ti/c3*1-18(2)16-14-12-10-8-6-4-3-5-7-9-11-13-15-17-19;/h3*18H,3-16H2,1-2H3;. The molecule has 58 heavy (non-hydrogen) atoms. The van der Waals surface area contributed by atoms with E-state index < -0.39 is 17.9 Å². The molecule has 0 spiro atoms. The van der Waals surface area contributed by atoms with Crippen LogP contribution < -0.4 is 0 Å². The Morgan fingerprint density at radius 2 is 0.379 bits per heavy atom. The van der Waals surface area contributed by atoms with Gasteiger partial charge in [-0.1, -0.05) is 99.3 Å². The molecule has 343 valence electrons.